The standard InChI is InChI=1S/C24H27NO5/c1-27-20-8-6-17(12-21(20)28-2)13-24(26)25-10-9-16-5-7-18-14-22(29-3)23(30-4)15-19(18)11-16/h5-8,11-12,14-15H,9-10,13H2,1-4H3,(H,25,26). The minimum absolute atomic E-state index is 0.0329. The first-order chi connectivity index (χ1) is 14.6. The summed E-state index contributed by atoms with van der Waals surface area (Å²) in [5, 5.41) is 5.13. The summed E-state index contributed by atoms with van der Waals surface area (Å²) in [6.45, 7) is 0.560. The van der Waals surface area contributed by atoms with Gasteiger partial charge in [-0.2, -0.15) is 0 Å². The SMILES string of the molecule is COc1ccc(CC(=O)NCCc2ccc3cc(OC)c(OC)cc3c2)cc1OC. The van der Waals surface area contributed by atoms with Crippen LogP contribution in [0.15, 0.2) is 48.5 Å². The van der Waals surface area contributed by atoms with Gasteiger partial charge in [0.2, 0.25) is 5.91 Å². The van der Waals surface area contributed by atoms with Crippen molar-refractivity contribution >= 4 is 16.7 Å². The van der Waals surface area contributed by atoms with E-state index in [1.165, 1.54) is 0 Å². The van der Waals surface area contributed by atoms with Gasteiger partial charge in [-0.3, -0.25) is 4.79 Å². The second kappa shape index (κ2) is 9.87. The number of rotatable bonds is 9. The lowest BCUT2D eigenvalue weighted by molar-refractivity contribution is -0.120. The highest BCUT2D eigenvalue weighted by atomic mass is 16.5. The molecule has 1 N–H and O–H groups in total. The number of hydrogen-bond acceptors (Lipinski definition) is 5. The summed E-state index contributed by atoms with van der Waals surface area (Å²) >= 11 is 0. The molecule has 0 aliphatic carbocycles. The number of amides is 1. The number of fused-ring (bicyclic) bond motifs is 1. The fourth-order valence-corrected chi connectivity index (χ4v) is 3.36. The lowest BCUT2D eigenvalue weighted by atomic mass is 10.0. The van der Waals surface area contributed by atoms with Gasteiger partial charge in [0.1, 0.15) is 0 Å². The summed E-state index contributed by atoms with van der Waals surface area (Å²) in [7, 11) is 6.42. The summed E-state index contributed by atoms with van der Waals surface area (Å²) in [4.78, 5) is 12.3. The number of carbonyl (C=O) groups excluding carboxylic acids is 1. The Labute approximate surface area is 176 Å². The Hall–Kier alpha value is -3.41. The number of carbonyl (C=O) groups is 1. The van der Waals surface area contributed by atoms with Crippen LogP contribution in [0.2, 0.25) is 0 Å². The molecule has 30 heavy (non-hydrogen) atoms. The first-order valence-electron chi connectivity index (χ1n) is 9.70. The summed E-state index contributed by atoms with van der Waals surface area (Å²) < 4.78 is 21.3. The molecule has 3 aromatic carbocycles. The minimum atomic E-state index is -0.0329. The van der Waals surface area contributed by atoms with E-state index >= 15 is 0 Å². The van der Waals surface area contributed by atoms with Gasteiger partial charge in [0, 0.05) is 6.54 Å². The molecule has 0 aliphatic rings. The van der Waals surface area contributed by atoms with Crippen molar-refractivity contribution in [3.63, 3.8) is 0 Å². The molecule has 0 unspecified atom stereocenters. The quantitative estimate of drug-likeness (QED) is 0.583. The molecule has 0 spiro atoms. The fourth-order valence-electron chi connectivity index (χ4n) is 3.36. The van der Waals surface area contributed by atoms with Crippen molar-refractivity contribution in [2.75, 3.05) is 35.0 Å². The van der Waals surface area contributed by atoms with E-state index in [1.54, 1.807) is 34.5 Å². The smallest absolute Gasteiger partial charge is 0.224 e. The normalized spacial score (nSPS) is 10.5. The van der Waals surface area contributed by atoms with Gasteiger partial charge >= 0.3 is 0 Å². The molecule has 0 saturated carbocycles. The van der Waals surface area contributed by atoms with Gasteiger partial charge in [0.15, 0.2) is 23.0 Å². The Kier molecular flexibility index (Phi) is 7.01. The molecule has 3 rings (SSSR count). The van der Waals surface area contributed by atoms with Crippen molar-refractivity contribution in [1.29, 1.82) is 0 Å². The van der Waals surface area contributed by atoms with Gasteiger partial charge in [-0.25, -0.2) is 0 Å². The van der Waals surface area contributed by atoms with E-state index < -0.39 is 0 Å². The molecule has 0 aromatic heterocycles. The lowest BCUT2D eigenvalue weighted by Crippen LogP contribution is -2.27. The Morgan fingerprint density at radius 3 is 1.97 bits per heavy atom. The number of methoxy groups -OCH3 is 4. The highest BCUT2D eigenvalue weighted by molar-refractivity contribution is 5.86. The first kappa shape index (κ1) is 21.3. The van der Waals surface area contributed by atoms with Crippen molar-refractivity contribution in [1.82, 2.24) is 5.32 Å². The van der Waals surface area contributed by atoms with E-state index in [0.717, 1.165) is 28.3 Å². The summed E-state index contributed by atoms with van der Waals surface area (Å²) in [5.74, 6) is 2.64. The zero-order valence-corrected chi connectivity index (χ0v) is 17.8. The van der Waals surface area contributed by atoms with Gasteiger partial charge in [-0.15, -0.1) is 0 Å². The molecule has 3 aromatic rings. The van der Waals surface area contributed by atoms with E-state index in [0.29, 0.717) is 29.5 Å². The monoisotopic (exact) mass is 409 g/mol. The van der Waals surface area contributed by atoms with Gasteiger partial charge in [0.05, 0.1) is 34.9 Å². The summed E-state index contributed by atoms with van der Waals surface area (Å²) in [6.07, 6.45) is 1.02. The van der Waals surface area contributed by atoms with Crippen LogP contribution in [0, 0.1) is 0 Å². The van der Waals surface area contributed by atoms with Crippen LogP contribution in [0.5, 0.6) is 23.0 Å². The predicted octanol–water partition coefficient (Wildman–Crippen LogP) is 3.78. The topological polar surface area (TPSA) is 66.0 Å². The minimum Gasteiger partial charge on any atom is -0.493 e. The van der Waals surface area contributed by atoms with Crippen molar-refractivity contribution in [3.05, 3.63) is 59.7 Å². The maximum atomic E-state index is 12.3. The van der Waals surface area contributed by atoms with Crippen LogP contribution in [0.4, 0.5) is 0 Å². The zero-order chi connectivity index (χ0) is 21.5. The van der Waals surface area contributed by atoms with Crippen LogP contribution in [-0.4, -0.2) is 40.9 Å². The summed E-state index contributed by atoms with van der Waals surface area (Å²) in [5.41, 5.74) is 2.01. The van der Waals surface area contributed by atoms with Crippen LogP contribution in [0.25, 0.3) is 10.8 Å². The third kappa shape index (κ3) is 4.95. The van der Waals surface area contributed by atoms with E-state index in [9.17, 15) is 4.79 Å². The first-order valence-corrected chi connectivity index (χ1v) is 9.70. The molecule has 0 atom stereocenters. The molecule has 158 valence electrons. The molecular weight excluding hydrogens is 382 g/mol. The molecule has 0 radical (unpaired) electrons. The van der Waals surface area contributed by atoms with Crippen LogP contribution < -0.4 is 24.3 Å². The molecule has 1 amide bonds. The van der Waals surface area contributed by atoms with Crippen molar-refractivity contribution in [2.24, 2.45) is 0 Å². The number of benzene rings is 3. The predicted molar refractivity (Wildman–Crippen MR) is 117 cm³/mol. The third-order valence-electron chi connectivity index (χ3n) is 4.96. The number of ether oxygens (including phenoxy) is 4. The average molecular weight is 409 g/mol. The highest BCUT2D eigenvalue weighted by Gasteiger charge is 2.09. The second-order valence-electron chi connectivity index (χ2n) is 6.85. The van der Waals surface area contributed by atoms with Gasteiger partial charge in [-0.05, 0) is 52.6 Å². The average Bonchev–Trinajstić information content (AvgIpc) is 2.77. The van der Waals surface area contributed by atoms with E-state index in [1.807, 2.05) is 24.3 Å². The fraction of sp³-hybridized carbons (Fsp3) is 0.292. The number of hydrogen-bond donors (Lipinski definition) is 1. The van der Waals surface area contributed by atoms with Crippen LogP contribution in [0.3, 0.4) is 0 Å². The molecule has 0 saturated heterocycles. The maximum absolute atomic E-state index is 12.3. The molecule has 0 heterocycles. The van der Waals surface area contributed by atoms with Crippen molar-refractivity contribution < 1.29 is 23.7 Å². The second-order valence-corrected chi connectivity index (χ2v) is 6.85. The largest absolute Gasteiger partial charge is 0.493 e. The van der Waals surface area contributed by atoms with Crippen LogP contribution in [0.1, 0.15) is 11.1 Å². The van der Waals surface area contributed by atoms with E-state index in [2.05, 4.69) is 23.5 Å². The van der Waals surface area contributed by atoms with Gasteiger partial charge in [-0.1, -0.05) is 24.3 Å². The molecule has 0 fully saturated rings. The van der Waals surface area contributed by atoms with Crippen LogP contribution in [-0.2, 0) is 17.6 Å². The molecule has 6 nitrogen and oxygen atoms in total. The molecular formula is C24H27NO5. The van der Waals surface area contributed by atoms with Crippen molar-refractivity contribution in [2.45, 2.75) is 12.8 Å². The lowest BCUT2D eigenvalue weighted by Gasteiger charge is -2.11. The maximum Gasteiger partial charge on any atom is 0.224 e. The van der Waals surface area contributed by atoms with Gasteiger partial charge in [0.25, 0.3) is 0 Å². The molecule has 0 aliphatic heterocycles. The molecule has 6 heteroatoms. The van der Waals surface area contributed by atoms with E-state index in [4.69, 9.17) is 18.9 Å². The Morgan fingerprint density at radius 2 is 1.30 bits per heavy atom. The van der Waals surface area contributed by atoms with Crippen LogP contribution >= 0.6 is 0 Å². The Balaban J connectivity index is 1.59. The Bertz CT molecular complexity index is 1030. The molecule has 0 bridgehead atoms. The number of nitrogens with one attached hydrogen (secondary N) is 1. The zero-order valence-electron chi connectivity index (χ0n) is 17.8. The Morgan fingerprint density at radius 1 is 0.700 bits per heavy atom. The summed E-state index contributed by atoms with van der Waals surface area (Å²) in [6, 6.07) is 15.6. The third-order valence-corrected chi connectivity index (χ3v) is 4.96. The highest BCUT2D eigenvalue weighted by Crippen LogP contribution is 2.32. The van der Waals surface area contributed by atoms with Crippen molar-refractivity contribution in [3.8, 4) is 23.0 Å². The van der Waals surface area contributed by atoms with E-state index in [-0.39, 0.29) is 12.3 Å². The van der Waals surface area contributed by atoms with Gasteiger partial charge < -0.3 is 24.3 Å².